The standard InChI is InChI=1S/C28H33N5O2/c1-5-18-12-19(7-9-25(18)28(34)32-21-13-22(14-21)33(3)4)27-16-24(10-11-31-27)35-23-8-6-20(17-29)26(15-23)30-2/h6-12,15-17,21-22,29-30H,5,13-14H2,1-4H3,(H,32,34). The second-order valence-electron chi connectivity index (χ2n) is 9.11. The monoisotopic (exact) mass is 471 g/mol. The summed E-state index contributed by atoms with van der Waals surface area (Å²) in [6.07, 6.45) is 5.77. The Labute approximate surface area is 207 Å². The van der Waals surface area contributed by atoms with Gasteiger partial charge in [0.25, 0.3) is 5.91 Å². The average molecular weight is 472 g/mol. The van der Waals surface area contributed by atoms with Crippen LogP contribution in [0.4, 0.5) is 5.69 Å². The Morgan fingerprint density at radius 2 is 1.91 bits per heavy atom. The van der Waals surface area contributed by atoms with Crippen LogP contribution >= 0.6 is 0 Å². The third-order valence-corrected chi connectivity index (χ3v) is 6.62. The van der Waals surface area contributed by atoms with Gasteiger partial charge in [0, 0.05) is 66.1 Å². The molecular weight excluding hydrogens is 438 g/mol. The number of aryl methyl sites for hydroxylation is 1. The number of aromatic nitrogens is 1. The molecule has 0 radical (unpaired) electrons. The van der Waals surface area contributed by atoms with E-state index in [0.717, 1.165) is 52.9 Å². The van der Waals surface area contributed by atoms with Crippen LogP contribution in [0.25, 0.3) is 11.3 Å². The molecule has 1 amide bonds. The molecule has 4 rings (SSSR count). The molecule has 7 nitrogen and oxygen atoms in total. The van der Waals surface area contributed by atoms with Crippen molar-refractivity contribution < 1.29 is 9.53 Å². The molecule has 3 N–H and O–H groups in total. The number of rotatable bonds is 9. The van der Waals surface area contributed by atoms with Crippen LogP contribution in [0.3, 0.4) is 0 Å². The topological polar surface area (TPSA) is 90.3 Å². The highest BCUT2D eigenvalue weighted by atomic mass is 16.5. The van der Waals surface area contributed by atoms with E-state index in [2.05, 4.69) is 41.5 Å². The molecule has 0 atom stereocenters. The van der Waals surface area contributed by atoms with Gasteiger partial charge in [-0.15, -0.1) is 0 Å². The zero-order chi connectivity index (χ0) is 24.9. The highest BCUT2D eigenvalue weighted by Crippen LogP contribution is 2.30. The quantitative estimate of drug-likeness (QED) is 0.384. The highest BCUT2D eigenvalue weighted by molar-refractivity contribution is 5.96. The molecule has 35 heavy (non-hydrogen) atoms. The van der Waals surface area contributed by atoms with Crippen LogP contribution in [-0.2, 0) is 6.42 Å². The normalized spacial score (nSPS) is 16.9. The van der Waals surface area contributed by atoms with Gasteiger partial charge in [0.05, 0.1) is 5.69 Å². The number of benzene rings is 2. The first-order chi connectivity index (χ1) is 16.9. The predicted molar refractivity (Wildman–Crippen MR) is 141 cm³/mol. The van der Waals surface area contributed by atoms with Gasteiger partial charge in [-0.3, -0.25) is 9.78 Å². The number of nitrogens with zero attached hydrogens (tertiary/aromatic N) is 2. The van der Waals surface area contributed by atoms with E-state index in [1.165, 1.54) is 6.21 Å². The highest BCUT2D eigenvalue weighted by Gasteiger charge is 2.32. The summed E-state index contributed by atoms with van der Waals surface area (Å²) in [5.41, 5.74) is 5.06. The molecule has 3 aromatic rings. The summed E-state index contributed by atoms with van der Waals surface area (Å²) in [5.74, 6) is 1.33. The number of amides is 1. The van der Waals surface area contributed by atoms with Crippen LogP contribution in [0.5, 0.6) is 11.5 Å². The molecule has 0 aliphatic heterocycles. The Morgan fingerprint density at radius 3 is 2.60 bits per heavy atom. The van der Waals surface area contributed by atoms with Crippen molar-refractivity contribution in [1.29, 1.82) is 5.41 Å². The van der Waals surface area contributed by atoms with Gasteiger partial charge in [0.2, 0.25) is 0 Å². The first-order valence-electron chi connectivity index (χ1n) is 12.0. The van der Waals surface area contributed by atoms with Crippen LogP contribution in [-0.4, -0.2) is 55.2 Å². The fourth-order valence-electron chi connectivity index (χ4n) is 4.37. The lowest BCUT2D eigenvalue weighted by atomic mass is 9.85. The van der Waals surface area contributed by atoms with E-state index in [9.17, 15) is 4.79 Å². The Bertz CT molecular complexity index is 1220. The van der Waals surface area contributed by atoms with Crippen LogP contribution in [0, 0.1) is 5.41 Å². The minimum atomic E-state index is -0.00522. The number of hydrogen-bond donors (Lipinski definition) is 3. The van der Waals surface area contributed by atoms with Crippen molar-refractivity contribution in [3.63, 3.8) is 0 Å². The Morgan fingerprint density at radius 1 is 1.14 bits per heavy atom. The second-order valence-corrected chi connectivity index (χ2v) is 9.11. The van der Waals surface area contributed by atoms with Gasteiger partial charge >= 0.3 is 0 Å². The lowest BCUT2D eigenvalue weighted by molar-refractivity contribution is 0.0853. The SMILES string of the molecule is CCc1cc(-c2cc(Oc3ccc(C=N)c(NC)c3)ccn2)ccc1C(=O)NC1CC(N(C)C)C1. The van der Waals surface area contributed by atoms with Gasteiger partial charge in [-0.25, -0.2) is 0 Å². The van der Waals surface area contributed by atoms with E-state index >= 15 is 0 Å². The third-order valence-electron chi connectivity index (χ3n) is 6.62. The van der Waals surface area contributed by atoms with Crippen LogP contribution in [0.15, 0.2) is 54.7 Å². The van der Waals surface area contributed by atoms with E-state index < -0.39 is 0 Å². The fourth-order valence-corrected chi connectivity index (χ4v) is 4.37. The summed E-state index contributed by atoms with van der Waals surface area (Å²) in [4.78, 5) is 19.7. The molecule has 0 unspecified atom stereocenters. The van der Waals surface area contributed by atoms with E-state index in [1.54, 1.807) is 6.20 Å². The van der Waals surface area contributed by atoms with Crippen molar-refractivity contribution in [1.82, 2.24) is 15.2 Å². The molecule has 0 saturated heterocycles. The van der Waals surface area contributed by atoms with Crippen molar-refractivity contribution in [2.24, 2.45) is 0 Å². The zero-order valence-corrected chi connectivity index (χ0v) is 20.8. The molecule has 1 aliphatic carbocycles. The molecule has 0 bridgehead atoms. The number of ether oxygens (including phenoxy) is 1. The zero-order valence-electron chi connectivity index (χ0n) is 20.8. The maximum Gasteiger partial charge on any atom is 0.251 e. The van der Waals surface area contributed by atoms with Gasteiger partial charge in [0.1, 0.15) is 11.5 Å². The number of hydrogen-bond acceptors (Lipinski definition) is 6. The number of pyridine rings is 1. The molecule has 182 valence electrons. The van der Waals surface area contributed by atoms with Crippen molar-refractivity contribution >= 4 is 17.8 Å². The van der Waals surface area contributed by atoms with E-state index in [-0.39, 0.29) is 11.9 Å². The molecule has 0 spiro atoms. The summed E-state index contributed by atoms with van der Waals surface area (Å²) < 4.78 is 6.07. The minimum absolute atomic E-state index is 0.00522. The van der Waals surface area contributed by atoms with E-state index in [1.807, 2.05) is 55.6 Å². The number of carbonyl (C=O) groups excluding carboxylic acids is 1. The van der Waals surface area contributed by atoms with Crippen molar-refractivity contribution in [2.45, 2.75) is 38.3 Å². The number of carbonyl (C=O) groups is 1. The van der Waals surface area contributed by atoms with E-state index in [0.29, 0.717) is 17.5 Å². The largest absolute Gasteiger partial charge is 0.457 e. The predicted octanol–water partition coefficient (Wildman–Crippen LogP) is 4.97. The molecule has 1 heterocycles. The summed E-state index contributed by atoms with van der Waals surface area (Å²) in [7, 11) is 5.98. The summed E-state index contributed by atoms with van der Waals surface area (Å²) in [5, 5.41) is 13.8. The number of anilines is 1. The average Bonchev–Trinajstić information content (AvgIpc) is 2.85. The Kier molecular flexibility index (Phi) is 7.46. The number of nitrogens with one attached hydrogen (secondary N) is 3. The van der Waals surface area contributed by atoms with Gasteiger partial charge < -0.3 is 25.7 Å². The summed E-state index contributed by atoms with van der Waals surface area (Å²) >= 11 is 0. The van der Waals surface area contributed by atoms with E-state index in [4.69, 9.17) is 10.1 Å². The Hall–Kier alpha value is -3.71. The summed E-state index contributed by atoms with van der Waals surface area (Å²) in [6.45, 7) is 2.06. The maximum absolute atomic E-state index is 12.9. The first-order valence-corrected chi connectivity index (χ1v) is 12.0. The fraction of sp³-hybridized carbons (Fsp3) is 0.321. The van der Waals surface area contributed by atoms with Gasteiger partial charge in [-0.2, -0.15) is 0 Å². The molecule has 1 saturated carbocycles. The smallest absolute Gasteiger partial charge is 0.251 e. The maximum atomic E-state index is 12.9. The van der Waals surface area contributed by atoms with Crippen molar-refractivity contribution in [2.75, 3.05) is 26.5 Å². The molecular formula is C28H33N5O2. The Balaban J connectivity index is 1.50. The second kappa shape index (κ2) is 10.7. The van der Waals surface area contributed by atoms with Gasteiger partial charge in [0.15, 0.2) is 0 Å². The lowest BCUT2D eigenvalue weighted by Gasteiger charge is -2.40. The molecule has 7 heteroatoms. The van der Waals surface area contributed by atoms with Crippen molar-refractivity contribution in [3.8, 4) is 22.8 Å². The summed E-state index contributed by atoms with van der Waals surface area (Å²) in [6, 6.07) is 15.9. The van der Waals surface area contributed by atoms with Crippen LogP contribution < -0.4 is 15.4 Å². The molecule has 1 fully saturated rings. The van der Waals surface area contributed by atoms with Gasteiger partial charge in [-0.05, 0) is 69.3 Å². The van der Waals surface area contributed by atoms with Crippen LogP contribution in [0.1, 0.15) is 41.3 Å². The third kappa shape index (κ3) is 5.52. The molecule has 1 aliphatic rings. The molecule has 2 aromatic carbocycles. The van der Waals surface area contributed by atoms with Crippen LogP contribution in [0.2, 0.25) is 0 Å². The first kappa shape index (κ1) is 24.4. The van der Waals surface area contributed by atoms with Crippen molar-refractivity contribution in [3.05, 3.63) is 71.4 Å². The minimum Gasteiger partial charge on any atom is -0.457 e. The molecule has 1 aromatic heterocycles. The lowest BCUT2D eigenvalue weighted by Crippen LogP contribution is -2.51. The van der Waals surface area contributed by atoms with Gasteiger partial charge in [-0.1, -0.05) is 13.0 Å².